The molecule has 4 N–H and O–H groups in total. The third-order valence-electron chi connectivity index (χ3n) is 5.21. The Morgan fingerprint density at radius 2 is 1.66 bits per heavy atom. The molecule has 0 radical (unpaired) electrons. The molecule has 0 spiro atoms. The van der Waals surface area contributed by atoms with Gasteiger partial charge in [0.05, 0.1) is 21.8 Å². The van der Waals surface area contributed by atoms with E-state index in [-0.39, 0.29) is 10.5 Å². The van der Waals surface area contributed by atoms with Gasteiger partial charge in [0.1, 0.15) is 0 Å². The topological polar surface area (TPSA) is 131 Å². The summed E-state index contributed by atoms with van der Waals surface area (Å²) < 4.78 is 27.1. The van der Waals surface area contributed by atoms with Gasteiger partial charge < -0.3 is 16.2 Å². The number of aromatic carboxylic acids is 1. The van der Waals surface area contributed by atoms with Crippen LogP contribution in [0.5, 0.6) is 0 Å². The van der Waals surface area contributed by atoms with Crippen LogP contribution in [0.1, 0.15) is 15.9 Å². The zero-order valence-electron chi connectivity index (χ0n) is 18.3. The fraction of sp³-hybridized carbons (Fsp3) is 0. The van der Waals surface area contributed by atoms with Gasteiger partial charge in [0.15, 0.2) is 0 Å². The van der Waals surface area contributed by atoms with Crippen molar-refractivity contribution >= 4 is 39.4 Å². The molecule has 1 amide bonds. The van der Waals surface area contributed by atoms with Crippen molar-refractivity contribution in [3.8, 4) is 11.1 Å². The highest BCUT2D eigenvalue weighted by Gasteiger charge is 2.17. The van der Waals surface area contributed by atoms with Gasteiger partial charge in [-0.05, 0) is 65.2 Å². The van der Waals surface area contributed by atoms with Gasteiger partial charge in [-0.1, -0.05) is 36.4 Å². The lowest BCUT2D eigenvalue weighted by atomic mass is 10.0. The second-order valence-electron chi connectivity index (χ2n) is 7.60. The second kappa shape index (κ2) is 9.70. The van der Waals surface area contributed by atoms with Crippen molar-refractivity contribution in [3.05, 3.63) is 108 Å². The molecule has 0 aliphatic rings. The Morgan fingerprint density at radius 3 is 2.37 bits per heavy atom. The molecule has 4 aromatic rings. The number of aromatic nitrogens is 1. The van der Waals surface area contributed by atoms with Crippen LogP contribution < -0.4 is 11.1 Å². The van der Waals surface area contributed by atoms with Crippen LogP contribution in [0.3, 0.4) is 0 Å². The van der Waals surface area contributed by atoms with Crippen molar-refractivity contribution < 1.29 is 23.1 Å². The van der Waals surface area contributed by atoms with E-state index in [4.69, 9.17) is 10.8 Å². The van der Waals surface area contributed by atoms with Gasteiger partial charge in [-0.25, -0.2) is 17.2 Å². The third kappa shape index (κ3) is 5.31. The summed E-state index contributed by atoms with van der Waals surface area (Å²) in [6, 6.07) is 21.0. The van der Waals surface area contributed by atoms with Gasteiger partial charge in [0.2, 0.25) is 5.91 Å². The van der Waals surface area contributed by atoms with Crippen molar-refractivity contribution in [1.82, 2.24) is 3.97 Å². The van der Waals surface area contributed by atoms with Crippen LogP contribution in [0.2, 0.25) is 0 Å². The molecule has 8 nitrogen and oxygen atoms in total. The summed E-state index contributed by atoms with van der Waals surface area (Å²) in [6.07, 6.45) is 5.59. The van der Waals surface area contributed by atoms with Crippen molar-refractivity contribution in [2.24, 2.45) is 0 Å². The Bertz CT molecular complexity index is 1540. The minimum absolute atomic E-state index is 0.0686. The van der Waals surface area contributed by atoms with E-state index in [0.717, 1.165) is 3.97 Å². The smallest absolute Gasteiger partial charge is 0.335 e. The number of hydrogen-bond donors (Lipinski definition) is 3. The number of hydrogen-bond acceptors (Lipinski definition) is 5. The Hall–Kier alpha value is -4.63. The average Bonchev–Trinajstić information content (AvgIpc) is 3.34. The van der Waals surface area contributed by atoms with E-state index in [1.54, 1.807) is 54.6 Å². The van der Waals surface area contributed by atoms with Crippen molar-refractivity contribution in [2.75, 3.05) is 11.1 Å². The molecular formula is C26H21N3O5S. The van der Waals surface area contributed by atoms with Gasteiger partial charge >= 0.3 is 5.97 Å². The number of benzene rings is 3. The number of carboxylic acid groups (broad SMARTS) is 1. The van der Waals surface area contributed by atoms with Crippen LogP contribution in [0.4, 0.5) is 11.4 Å². The normalized spacial score (nSPS) is 11.4. The van der Waals surface area contributed by atoms with Gasteiger partial charge in [0, 0.05) is 18.5 Å². The molecule has 176 valence electrons. The minimum atomic E-state index is -3.86. The van der Waals surface area contributed by atoms with Crippen LogP contribution in [-0.2, 0) is 14.8 Å². The van der Waals surface area contributed by atoms with Gasteiger partial charge in [-0.3, -0.25) is 4.79 Å². The molecule has 4 rings (SSSR count). The Labute approximate surface area is 202 Å². The standard InChI is InChI=1S/C26H21N3O5S/c27-23-6-1-2-7-24(23)28-25(30)13-8-18-14-15-29(17-18)35(33,34)22-11-9-19(10-12-22)20-4-3-5-21(16-20)26(31)32/h1-17H,27H2,(H,28,30)(H,31,32). The first-order valence-electron chi connectivity index (χ1n) is 10.4. The minimum Gasteiger partial charge on any atom is -0.478 e. The van der Waals surface area contributed by atoms with Crippen LogP contribution in [0.25, 0.3) is 17.2 Å². The molecule has 3 aromatic carbocycles. The number of carboxylic acids is 1. The van der Waals surface area contributed by atoms with Crippen LogP contribution in [0.15, 0.2) is 102 Å². The molecule has 0 aliphatic carbocycles. The Morgan fingerprint density at radius 1 is 0.914 bits per heavy atom. The molecule has 35 heavy (non-hydrogen) atoms. The summed E-state index contributed by atoms with van der Waals surface area (Å²) in [5, 5.41) is 11.8. The largest absolute Gasteiger partial charge is 0.478 e. The maximum Gasteiger partial charge on any atom is 0.335 e. The number of nitrogens with two attached hydrogens (primary N) is 1. The molecule has 0 saturated heterocycles. The Balaban J connectivity index is 1.49. The van der Waals surface area contributed by atoms with Gasteiger partial charge in [-0.15, -0.1) is 0 Å². The molecule has 0 atom stereocenters. The quantitative estimate of drug-likeness (QED) is 0.263. The summed E-state index contributed by atoms with van der Waals surface area (Å²) >= 11 is 0. The lowest BCUT2D eigenvalue weighted by molar-refractivity contribution is -0.111. The van der Waals surface area contributed by atoms with Gasteiger partial charge in [-0.2, -0.15) is 0 Å². The first kappa shape index (κ1) is 23.5. The highest BCUT2D eigenvalue weighted by Crippen LogP contribution is 2.24. The summed E-state index contributed by atoms with van der Waals surface area (Å²) in [5.41, 5.74) is 8.75. The fourth-order valence-electron chi connectivity index (χ4n) is 3.37. The molecule has 9 heteroatoms. The predicted octanol–water partition coefficient (Wildman–Crippen LogP) is 4.32. The average molecular weight is 488 g/mol. The molecule has 0 saturated carbocycles. The van der Waals surface area contributed by atoms with E-state index >= 15 is 0 Å². The zero-order chi connectivity index (χ0) is 25.0. The number of rotatable bonds is 7. The first-order valence-corrected chi connectivity index (χ1v) is 11.9. The molecule has 0 aliphatic heterocycles. The SMILES string of the molecule is Nc1ccccc1NC(=O)C=Cc1ccn(S(=O)(=O)c2ccc(-c3cccc(C(=O)O)c3)cc2)c1. The van der Waals surface area contributed by atoms with Crippen LogP contribution in [-0.4, -0.2) is 29.4 Å². The van der Waals surface area contributed by atoms with E-state index < -0.39 is 21.9 Å². The Kier molecular flexibility index (Phi) is 6.52. The van der Waals surface area contributed by atoms with Crippen LogP contribution >= 0.6 is 0 Å². The van der Waals surface area contributed by atoms with Crippen molar-refractivity contribution in [3.63, 3.8) is 0 Å². The monoisotopic (exact) mass is 487 g/mol. The molecule has 0 bridgehead atoms. The number of nitrogens with one attached hydrogen (secondary N) is 1. The highest BCUT2D eigenvalue weighted by molar-refractivity contribution is 7.90. The summed E-state index contributed by atoms with van der Waals surface area (Å²) in [4.78, 5) is 23.4. The van der Waals surface area contributed by atoms with E-state index in [2.05, 4.69) is 5.32 Å². The van der Waals surface area contributed by atoms with E-state index in [1.165, 1.54) is 48.8 Å². The lowest BCUT2D eigenvalue weighted by Gasteiger charge is -2.08. The molecule has 0 unspecified atom stereocenters. The number of nitrogen functional groups attached to an aromatic ring is 1. The summed E-state index contributed by atoms with van der Waals surface area (Å²) in [5.74, 6) is -1.44. The number of amides is 1. The maximum absolute atomic E-state index is 13.0. The molecule has 1 aromatic heterocycles. The third-order valence-corrected chi connectivity index (χ3v) is 6.86. The molecule has 0 fully saturated rings. The van der Waals surface area contributed by atoms with E-state index in [0.29, 0.717) is 28.1 Å². The molecular weight excluding hydrogens is 466 g/mol. The fourth-order valence-corrected chi connectivity index (χ4v) is 4.58. The predicted molar refractivity (Wildman–Crippen MR) is 134 cm³/mol. The van der Waals surface area contributed by atoms with Crippen LogP contribution in [0, 0.1) is 0 Å². The maximum atomic E-state index is 13.0. The first-order chi connectivity index (χ1) is 16.7. The van der Waals surface area contributed by atoms with Crippen molar-refractivity contribution in [1.29, 1.82) is 0 Å². The number of para-hydroxylation sites is 2. The zero-order valence-corrected chi connectivity index (χ0v) is 19.1. The highest BCUT2D eigenvalue weighted by atomic mass is 32.2. The lowest BCUT2D eigenvalue weighted by Crippen LogP contribution is -2.10. The number of anilines is 2. The molecule has 1 heterocycles. The number of nitrogens with zero attached hydrogens (tertiary/aromatic N) is 1. The second-order valence-corrected chi connectivity index (χ2v) is 9.44. The van der Waals surface area contributed by atoms with Gasteiger partial charge in [0.25, 0.3) is 10.0 Å². The summed E-state index contributed by atoms with van der Waals surface area (Å²) in [7, 11) is -3.86. The number of carbonyl (C=O) groups excluding carboxylic acids is 1. The van der Waals surface area contributed by atoms with E-state index in [9.17, 15) is 18.0 Å². The van der Waals surface area contributed by atoms with E-state index in [1.807, 2.05) is 0 Å². The summed E-state index contributed by atoms with van der Waals surface area (Å²) in [6.45, 7) is 0. The van der Waals surface area contributed by atoms with Crippen molar-refractivity contribution in [2.45, 2.75) is 4.90 Å². The number of carbonyl (C=O) groups is 2.